The van der Waals surface area contributed by atoms with E-state index in [4.69, 9.17) is 0 Å². The largest absolute Gasteiger partial charge is 0.367 e. The third-order valence-corrected chi connectivity index (χ3v) is 4.00. The first-order valence-corrected chi connectivity index (χ1v) is 7.08. The van der Waals surface area contributed by atoms with Crippen LogP contribution in [0.2, 0.25) is 0 Å². The number of rotatable bonds is 2. The summed E-state index contributed by atoms with van der Waals surface area (Å²) < 4.78 is 0. The van der Waals surface area contributed by atoms with Gasteiger partial charge in [-0.1, -0.05) is 25.1 Å². The zero-order chi connectivity index (χ0) is 13.9. The second-order valence-electron chi connectivity index (χ2n) is 5.07. The SMILES string of the molecule is CCN1CCN(c2c(C#N)cnc3ccccc23)CC1. The minimum Gasteiger partial charge on any atom is -0.367 e. The van der Waals surface area contributed by atoms with Gasteiger partial charge in [-0.25, -0.2) is 0 Å². The molecular weight excluding hydrogens is 248 g/mol. The molecule has 2 heterocycles. The Morgan fingerprint density at radius 1 is 1.20 bits per heavy atom. The molecule has 0 spiro atoms. The number of piperazine rings is 1. The molecule has 0 amide bonds. The van der Waals surface area contributed by atoms with E-state index in [1.165, 1.54) is 0 Å². The number of aromatic nitrogens is 1. The maximum Gasteiger partial charge on any atom is 0.103 e. The topological polar surface area (TPSA) is 43.2 Å². The standard InChI is InChI=1S/C16H18N4/c1-2-19-7-9-20(10-8-19)16-13(11-17)12-18-15-6-4-3-5-14(15)16/h3-6,12H,2,7-10H2,1H3. The molecule has 0 unspecified atom stereocenters. The van der Waals surface area contributed by atoms with Crippen molar-refractivity contribution in [2.45, 2.75) is 6.92 Å². The normalized spacial score (nSPS) is 16.3. The van der Waals surface area contributed by atoms with Crippen LogP contribution in [0.1, 0.15) is 12.5 Å². The highest BCUT2D eigenvalue weighted by atomic mass is 15.3. The molecule has 3 rings (SSSR count). The van der Waals surface area contributed by atoms with Crippen LogP contribution in [0, 0.1) is 11.3 Å². The summed E-state index contributed by atoms with van der Waals surface area (Å²) in [6, 6.07) is 10.4. The van der Waals surface area contributed by atoms with Crippen molar-refractivity contribution in [3.8, 4) is 6.07 Å². The van der Waals surface area contributed by atoms with Crippen molar-refractivity contribution in [2.75, 3.05) is 37.6 Å². The molecule has 0 bridgehead atoms. The van der Waals surface area contributed by atoms with Crippen LogP contribution in [-0.2, 0) is 0 Å². The van der Waals surface area contributed by atoms with Gasteiger partial charge >= 0.3 is 0 Å². The van der Waals surface area contributed by atoms with Crippen molar-refractivity contribution in [3.05, 3.63) is 36.0 Å². The number of nitriles is 1. The Kier molecular flexibility index (Phi) is 3.53. The summed E-state index contributed by atoms with van der Waals surface area (Å²) in [5, 5.41) is 10.5. The molecule has 0 saturated carbocycles. The monoisotopic (exact) mass is 266 g/mol. The van der Waals surface area contributed by atoms with Crippen molar-refractivity contribution in [1.82, 2.24) is 9.88 Å². The lowest BCUT2D eigenvalue weighted by Gasteiger charge is -2.36. The Morgan fingerprint density at radius 3 is 2.65 bits per heavy atom. The van der Waals surface area contributed by atoms with E-state index in [9.17, 15) is 5.26 Å². The highest BCUT2D eigenvalue weighted by Gasteiger charge is 2.20. The molecular formula is C16H18N4. The molecule has 0 N–H and O–H groups in total. The molecule has 2 aromatic rings. The zero-order valence-corrected chi connectivity index (χ0v) is 11.7. The average molecular weight is 266 g/mol. The van der Waals surface area contributed by atoms with E-state index in [2.05, 4.69) is 33.8 Å². The van der Waals surface area contributed by atoms with Gasteiger partial charge in [-0.15, -0.1) is 0 Å². The highest BCUT2D eigenvalue weighted by molar-refractivity contribution is 5.94. The number of hydrogen-bond donors (Lipinski definition) is 0. The first-order chi connectivity index (χ1) is 9.83. The number of hydrogen-bond acceptors (Lipinski definition) is 4. The third-order valence-electron chi connectivity index (χ3n) is 4.00. The minimum atomic E-state index is 0.675. The highest BCUT2D eigenvalue weighted by Crippen LogP contribution is 2.29. The molecule has 102 valence electrons. The summed E-state index contributed by atoms with van der Waals surface area (Å²) in [4.78, 5) is 9.14. The Bertz CT molecular complexity index is 651. The van der Waals surface area contributed by atoms with E-state index in [0.29, 0.717) is 5.56 Å². The van der Waals surface area contributed by atoms with E-state index < -0.39 is 0 Å². The summed E-state index contributed by atoms with van der Waals surface area (Å²) in [5.74, 6) is 0. The zero-order valence-electron chi connectivity index (χ0n) is 11.7. The molecule has 0 radical (unpaired) electrons. The van der Waals surface area contributed by atoms with Crippen LogP contribution < -0.4 is 4.90 Å². The number of benzene rings is 1. The van der Waals surface area contributed by atoms with Gasteiger partial charge in [0.1, 0.15) is 6.07 Å². The van der Waals surface area contributed by atoms with E-state index in [-0.39, 0.29) is 0 Å². The molecule has 1 aliphatic heterocycles. The molecule has 20 heavy (non-hydrogen) atoms. The first kappa shape index (κ1) is 12.9. The molecule has 0 atom stereocenters. The Hall–Kier alpha value is -2.12. The van der Waals surface area contributed by atoms with Crippen molar-refractivity contribution >= 4 is 16.6 Å². The van der Waals surface area contributed by atoms with Crippen molar-refractivity contribution in [2.24, 2.45) is 0 Å². The summed E-state index contributed by atoms with van der Waals surface area (Å²) >= 11 is 0. The molecule has 4 nitrogen and oxygen atoms in total. The van der Waals surface area contributed by atoms with Gasteiger partial charge in [0.25, 0.3) is 0 Å². The fourth-order valence-corrected chi connectivity index (χ4v) is 2.84. The Morgan fingerprint density at radius 2 is 1.95 bits per heavy atom. The molecule has 1 aromatic carbocycles. The lowest BCUT2D eigenvalue weighted by atomic mass is 10.1. The van der Waals surface area contributed by atoms with Gasteiger partial charge in [0.05, 0.1) is 16.8 Å². The number of para-hydroxylation sites is 1. The van der Waals surface area contributed by atoms with Crippen LogP contribution >= 0.6 is 0 Å². The van der Waals surface area contributed by atoms with Crippen LogP contribution in [-0.4, -0.2) is 42.6 Å². The van der Waals surface area contributed by atoms with Crippen molar-refractivity contribution < 1.29 is 0 Å². The number of nitrogens with zero attached hydrogens (tertiary/aromatic N) is 4. The van der Waals surface area contributed by atoms with Crippen molar-refractivity contribution in [1.29, 1.82) is 5.26 Å². The molecule has 1 aromatic heterocycles. The van der Waals surface area contributed by atoms with Crippen LogP contribution in [0.15, 0.2) is 30.5 Å². The lowest BCUT2D eigenvalue weighted by Crippen LogP contribution is -2.46. The number of likely N-dealkylation sites (N-methyl/N-ethyl adjacent to an activating group) is 1. The molecule has 0 aliphatic carbocycles. The van der Waals surface area contributed by atoms with Crippen LogP contribution in [0.25, 0.3) is 10.9 Å². The van der Waals surface area contributed by atoms with Gasteiger partial charge in [0.2, 0.25) is 0 Å². The van der Waals surface area contributed by atoms with E-state index in [1.807, 2.05) is 18.2 Å². The Labute approximate surface area is 119 Å². The molecule has 1 aliphatic rings. The summed E-state index contributed by atoms with van der Waals surface area (Å²) in [7, 11) is 0. The quantitative estimate of drug-likeness (QED) is 0.836. The molecule has 4 heteroatoms. The molecule has 1 saturated heterocycles. The van der Waals surface area contributed by atoms with Gasteiger partial charge in [-0.05, 0) is 12.6 Å². The molecule has 1 fully saturated rings. The van der Waals surface area contributed by atoms with E-state index >= 15 is 0 Å². The lowest BCUT2D eigenvalue weighted by molar-refractivity contribution is 0.271. The summed E-state index contributed by atoms with van der Waals surface area (Å²) in [6.45, 7) is 7.33. The second-order valence-corrected chi connectivity index (χ2v) is 5.07. The van der Waals surface area contributed by atoms with Gasteiger partial charge in [-0.3, -0.25) is 4.98 Å². The minimum absolute atomic E-state index is 0.675. The number of fused-ring (bicyclic) bond motifs is 1. The van der Waals surface area contributed by atoms with Gasteiger partial charge in [0, 0.05) is 37.8 Å². The predicted molar refractivity (Wildman–Crippen MR) is 80.8 cm³/mol. The third kappa shape index (κ3) is 2.21. The fraction of sp³-hybridized carbons (Fsp3) is 0.375. The van der Waals surface area contributed by atoms with Gasteiger partial charge < -0.3 is 9.80 Å². The first-order valence-electron chi connectivity index (χ1n) is 7.08. The number of anilines is 1. The van der Waals surface area contributed by atoms with Crippen LogP contribution in [0.4, 0.5) is 5.69 Å². The number of pyridine rings is 1. The second kappa shape index (κ2) is 5.48. The maximum atomic E-state index is 9.38. The van der Waals surface area contributed by atoms with Crippen LogP contribution in [0.5, 0.6) is 0 Å². The van der Waals surface area contributed by atoms with E-state index in [1.54, 1.807) is 6.20 Å². The van der Waals surface area contributed by atoms with Crippen LogP contribution in [0.3, 0.4) is 0 Å². The van der Waals surface area contributed by atoms with Gasteiger partial charge in [-0.2, -0.15) is 5.26 Å². The van der Waals surface area contributed by atoms with E-state index in [0.717, 1.165) is 49.3 Å². The van der Waals surface area contributed by atoms with Gasteiger partial charge in [0.15, 0.2) is 0 Å². The maximum absolute atomic E-state index is 9.38. The summed E-state index contributed by atoms with van der Waals surface area (Å²) in [6.07, 6.45) is 1.70. The summed E-state index contributed by atoms with van der Waals surface area (Å²) in [5.41, 5.74) is 2.68. The van der Waals surface area contributed by atoms with Crippen molar-refractivity contribution in [3.63, 3.8) is 0 Å². The average Bonchev–Trinajstić information content (AvgIpc) is 2.54. The predicted octanol–water partition coefficient (Wildman–Crippen LogP) is 2.25. The fourth-order valence-electron chi connectivity index (χ4n) is 2.84. The smallest absolute Gasteiger partial charge is 0.103 e. The Balaban J connectivity index is 2.04.